The van der Waals surface area contributed by atoms with E-state index < -0.39 is 5.97 Å². The van der Waals surface area contributed by atoms with Crippen LogP contribution in [-0.2, 0) is 28.6 Å². The molecule has 0 bridgehead atoms. The Morgan fingerprint density at radius 3 is 2.35 bits per heavy atom. The summed E-state index contributed by atoms with van der Waals surface area (Å²) in [5, 5.41) is 9.10. The maximum atomic E-state index is 12.8. The quantitative estimate of drug-likeness (QED) is 0.340. The van der Waals surface area contributed by atoms with Crippen LogP contribution >= 0.6 is 0 Å². The van der Waals surface area contributed by atoms with Gasteiger partial charge in [0.15, 0.2) is 6.10 Å². The molecular formula is C34H55N2O7+. The molecule has 0 spiro atoms. The molecule has 2 aliphatic heterocycles. The van der Waals surface area contributed by atoms with Gasteiger partial charge in [-0.1, -0.05) is 13.8 Å². The number of esters is 2. The fourth-order valence-corrected chi connectivity index (χ4v) is 11.4. The van der Waals surface area contributed by atoms with E-state index >= 15 is 0 Å². The predicted octanol–water partition coefficient (Wildman–Crippen LogP) is 4.27. The summed E-state index contributed by atoms with van der Waals surface area (Å²) in [5.74, 6) is 0.786. The fourth-order valence-electron chi connectivity index (χ4n) is 11.4. The van der Waals surface area contributed by atoms with Crippen molar-refractivity contribution in [3.63, 3.8) is 0 Å². The predicted molar refractivity (Wildman–Crippen MR) is 160 cm³/mol. The first-order chi connectivity index (χ1) is 20.4. The molecule has 1 N–H and O–H groups in total. The summed E-state index contributed by atoms with van der Waals surface area (Å²) in [6, 6.07) is 0.512. The van der Waals surface area contributed by atoms with E-state index in [0.717, 1.165) is 56.1 Å². The first-order valence-corrected chi connectivity index (χ1v) is 17.2. The molecule has 4 aliphatic carbocycles. The highest BCUT2D eigenvalue weighted by atomic mass is 16.5. The number of nitrogens with zero attached hydrogens (tertiary/aromatic N) is 2. The van der Waals surface area contributed by atoms with Gasteiger partial charge >= 0.3 is 17.9 Å². The van der Waals surface area contributed by atoms with Crippen LogP contribution in [0.3, 0.4) is 0 Å². The summed E-state index contributed by atoms with van der Waals surface area (Å²) in [5.41, 5.74) is 0.170. The number of carbonyl (C=O) groups is 3. The van der Waals surface area contributed by atoms with E-state index in [1.165, 1.54) is 32.4 Å². The molecule has 9 nitrogen and oxygen atoms in total. The molecule has 2 heterocycles. The van der Waals surface area contributed by atoms with Crippen LogP contribution in [0.1, 0.15) is 91.4 Å². The van der Waals surface area contributed by atoms with Crippen molar-refractivity contribution in [2.24, 2.45) is 34.5 Å². The molecule has 6 aliphatic rings. The zero-order chi connectivity index (χ0) is 30.6. The van der Waals surface area contributed by atoms with E-state index in [-0.39, 0.29) is 53.9 Å². The number of hydrogen-bond donors (Lipinski definition) is 1. The summed E-state index contributed by atoms with van der Waals surface area (Å²) < 4.78 is 19.2. The van der Waals surface area contributed by atoms with Gasteiger partial charge in [0.05, 0.1) is 46.2 Å². The molecular weight excluding hydrogens is 548 g/mol. The molecule has 43 heavy (non-hydrogen) atoms. The lowest BCUT2D eigenvalue weighted by molar-refractivity contribution is -0.924. The highest BCUT2D eigenvalue weighted by molar-refractivity contribution is 5.76. The van der Waals surface area contributed by atoms with Gasteiger partial charge in [-0.15, -0.1) is 0 Å². The number of ether oxygens (including phenoxy) is 3. The Balaban J connectivity index is 1.26. The van der Waals surface area contributed by atoms with Gasteiger partial charge in [0.1, 0.15) is 12.1 Å². The maximum absolute atomic E-state index is 12.8. The summed E-state index contributed by atoms with van der Waals surface area (Å²) in [7, 11) is 2.41. The topological polar surface area (TPSA) is 102 Å². The first-order valence-electron chi connectivity index (χ1n) is 17.2. The molecule has 0 unspecified atom stereocenters. The normalized spacial score (nSPS) is 44.1. The van der Waals surface area contributed by atoms with Crippen LogP contribution in [0.2, 0.25) is 0 Å². The van der Waals surface area contributed by atoms with Crippen LogP contribution < -0.4 is 0 Å². The highest BCUT2D eigenvalue weighted by Crippen LogP contribution is 2.67. The number of carboxylic acids is 1. The minimum absolute atomic E-state index is 0.00775. The van der Waals surface area contributed by atoms with Crippen molar-refractivity contribution < 1.29 is 38.2 Å². The molecule has 4 saturated carbocycles. The highest BCUT2D eigenvalue weighted by Gasteiger charge is 2.67. The van der Waals surface area contributed by atoms with Crippen LogP contribution in [0.4, 0.5) is 0 Å². The minimum Gasteiger partial charge on any atom is -0.481 e. The van der Waals surface area contributed by atoms with Crippen molar-refractivity contribution in [2.75, 3.05) is 46.4 Å². The van der Waals surface area contributed by atoms with Gasteiger partial charge in [-0.25, -0.2) is 0 Å². The number of rotatable bonds is 7. The molecule has 0 amide bonds. The van der Waals surface area contributed by atoms with E-state index in [4.69, 9.17) is 19.3 Å². The second-order valence-electron chi connectivity index (χ2n) is 15.7. The number of hydrogen-bond acceptors (Lipinski definition) is 7. The standard InChI is InChI=1S/C34H54N2O7/c1-22(37)42-32-28(36(4)15-5-6-16-36)20-26-24-8-7-23-19-29(43-31(40)10-9-30(38)39)27(35-13-17-41-18-14-35)21-34(23,3)25(24)11-12-33(26,32)2/h23-29,32H,5-21H2,1-4H3/p+1/t23-,24+,25-,26-,27-,28-,29-,32-,33-,34-/m0/s1. The van der Waals surface area contributed by atoms with E-state index in [0.29, 0.717) is 42.9 Å². The van der Waals surface area contributed by atoms with Crippen molar-refractivity contribution in [2.45, 2.75) is 116 Å². The third-order valence-electron chi connectivity index (χ3n) is 13.6. The number of morpholine rings is 1. The Kier molecular flexibility index (Phi) is 8.66. The van der Waals surface area contributed by atoms with Crippen molar-refractivity contribution in [1.29, 1.82) is 0 Å². The second-order valence-corrected chi connectivity index (χ2v) is 15.7. The molecule has 0 radical (unpaired) electrons. The van der Waals surface area contributed by atoms with Gasteiger partial charge in [0, 0.05) is 50.7 Å². The molecule has 10 atom stereocenters. The van der Waals surface area contributed by atoms with E-state index in [2.05, 4.69) is 25.8 Å². The van der Waals surface area contributed by atoms with Gasteiger partial charge in [-0.2, -0.15) is 0 Å². The third-order valence-corrected chi connectivity index (χ3v) is 13.6. The molecule has 0 aromatic carbocycles. The number of carbonyl (C=O) groups excluding carboxylic acids is 2. The average molecular weight is 604 g/mol. The summed E-state index contributed by atoms with van der Waals surface area (Å²) >= 11 is 0. The second kappa shape index (κ2) is 11.9. The number of aliphatic carboxylic acids is 1. The summed E-state index contributed by atoms with van der Waals surface area (Å²) in [6.07, 6.45) is 9.66. The zero-order valence-electron chi connectivity index (χ0n) is 26.9. The molecule has 242 valence electrons. The molecule has 2 saturated heterocycles. The number of fused-ring (bicyclic) bond motifs is 5. The van der Waals surface area contributed by atoms with Crippen LogP contribution in [-0.4, -0.2) is 103 Å². The fraction of sp³-hybridized carbons (Fsp3) is 0.912. The van der Waals surface area contributed by atoms with Crippen molar-refractivity contribution in [1.82, 2.24) is 4.90 Å². The van der Waals surface area contributed by atoms with Crippen molar-refractivity contribution in [3.05, 3.63) is 0 Å². The van der Waals surface area contributed by atoms with Gasteiger partial charge in [-0.3, -0.25) is 19.3 Å². The van der Waals surface area contributed by atoms with Crippen molar-refractivity contribution >= 4 is 17.9 Å². The lowest BCUT2D eigenvalue weighted by Gasteiger charge is -2.62. The Hall–Kier alpha value is -1.71. The Morgan fingerprint density at radius 2 is 1.67 bits per heavy atom. The minimum atomic E-state index is -0.966. The van der Waals surface area contributed by atoms with Crippen LogP contribution in [0.25, 0.3) is 0 Å². The van der Waals surface area contributed by atoms with Gasteiger partial charge in [0.25, 0.3) is 0 Å². The number of quaternary nitrogens is 1. The molecule has 0 aromatic heterocycles. The van der Waals surface area contributed by atoms with Crippen molar-refractivity contribution in [3.8, 4) is 0 Å². The molecule has 6 rings (SSSR count). The van der Waals surface area contributed by atoms with E-state index in [1.54, 1.807) is 6.92 Å². The smallest absolute Gasteiger partial charge is 0.306 e. The summed E-state index contributed by atoms with van der Waals surface area (Å²) in [4.78, 5) is 38.8. The van der Waals surface area contributed by atoms with Gasteiger partial charge in [-0.05, 0) is 67.6 Å². The lowest BCUT2D eigenvalue weighted by atomic mass is 9.44. The Labute approximate surface area is 257 Å². The van der Waals surface area contributed by atoms with E-state index in [9.17, 15) is 14.4 Å². The Morgan fingerprint density at radius 1 is 0.953 bits per heavy atom. The number of carboxylic acid groups (broad SMARTS) is 1. The summed E-state index contributed by atoms with van der Waals surface area (Å²) in [6.45, 7) is 12.0. The molecule has 0 aromatic rings. The van der Waals surface area contributed by atoms with Gasteiger partial charge < -0.3 is 23.8 Å². The largest absolute Gasteiger partial charge is 0.481 e. The molecule has 6 fully saturated rings. The maximum Gasteiger partial charge on any atom is 0.306 e. The van der Waals surface area contributed by atoms with E-state index in [1.807, 2.05) is 0 Å². The lowest BCUT2D eigenvalue weighted by Crippen LogP contribution is -2.61. The monoisotopic (exact) mass is 603 g/mol. The van der Waals surface area contributed by atoms with Crippen LogP contribution in [0.15, 0.2) is 0 Å². The van der Waals surface area contributed by atoms with Crippen LogP contribution in [0, 0.1) is 34.5 Å². The molecule has 9 heteroatoms. The Bertz CT molecular complexity index is 1070. The average Bonchev–Trinajstić information content (AvgIpc) is 3.54. The number of likely N-dealkylation sites (tertiary alicyclic amines) is 1. The first kappa shape index (κ1) is 31.3. The third kappa shape index (κ3) is 5.65. The number of likely N-dealkylation sites (N-methyl/N-ethyl adjacent to an activating group) is 1. The zero-order valence-corrected chi connectivity index (χ0v) is 26.9. The van der Waals surface area contributed by atoms with Gasteiger partial charge in [0.2, 0.25) is 0 Å². The van der Waals surface area contributed by atoms with Crippen LogP contribution in [0.5, 0.6) is 0 Å². The SMILES string of the molecule is CC(=O)O[C@H]1[C@@H]([N+]2(C)CCCC2)C[C@H]2[C@@H]3CC[C@H]4C[C@H](OC(=O)CCC(=O)O)[C@@H](N5CCOCC5)C[C@]4(C)[C@H]3CC[C@@]21C.